The number of hydrogen-bond acceptors (Lipinski definition) is 7. The SMILES string of the molecule is CN(C)C(=O)C1Cc2ccc(-c3cc(-c4nn(CCCN5CCOCC5)c5c4CN(S(C)(=O)=O)CC5)ccc3Cl)cc2CN1. The minimum atomic E-state index is -3.34. The quantitative estimate of drug-likeness (QED) is 0.404. The van der Waals surface area contributed by atoms with Gasteiger partial charge in [0.2, 0.25) is 15.9 Å². The number of aryl methyl sites for hydroxylation is 1. The van der Waals surface area contributed by atoms with Crippen molar-refractivity contribution in [2.75, 3.05) is 59.7 Å². The summed E-state index contributed by atoms with van der Waals surface area (Å²) in [4.78, 5) is 16.6. The summed E-state index contributed by atoms with van der Waals surface area (Å²) in [6, 6.07) is 12.0. The molecule has 6 rings (SSSR count). The average Bonchev–Trinajstić information content (AvgIpc) is 3.38. The summed E-state index contributed by atoms with van der Waals surface area (Å²) in [6.45, 7) is 6.57. The Balaban J connectivity index is 1.30. The number of morpholine rings is 1. The molecule has 1 N–H and O–H groups in total. The van der Waals surface area contributed by atoms with Crippen LogP contribution in [0.1, 0.15) is 28.8 Å². The van der Waals surface area contributed by atoms with Gasteiger partial charge in [0, 0.05) is 93.7 Å². The van der Waals surface area contributed by atoms with Crippen LogP contribution in [0.4, 0.5) is 0 Å². The van der Waals surface area contributed by atoms with Crippen LogP contribution < -0.4 is 5.32 Å². The number of hydrogen-bond donors (Lipinski definition) is 1. The van der Waals surface area contributed by atoms with Gasteiger partial charge in [0.15, 0.2) is 0 Å². The van der Waals surface area contributed by atoms with E-state index in [1.807, 2.05) is 12.1 Å². The molecule has 0 bridgehead atoms. The third kappa shape index (κ3) is 6.59. The molecule has 0 aliphatic carbocycles. The number of nitrogens with one attached hydrogen (secondary N) is 1. The fourth-order valence-electron chi connectivity index (χ4n) is 6.50. The van der Waals surface area contributed by atoms with Gasteiger partial charge in [-0.3, -0.25) is 14.4 Å². The normalized spacial score (nSPS) is 19.4. The first-order valence-corrected chi connectivity index (χ1v) is 17.5. The molecule has 0 spiro atoms. The Bertz CT molecular complexity index is 1650. The Morgan fingerprint density at radius 1 is 1.07 bits per heavy atom. The van der Waals surface area contributed by atoms with Crippen molar-refractivity contribution in [1.82, 2.24) is 29.2 Å². The van der Waals surface area contributed by atoms with E-state index in [2.05, 4.69) is 39.2 Å². The second kappa shape index (κ2) is 12.9. The van der Waals surface area contributed by atoms with Crippen molar-refractivity contribution in [3.8, 4) is 22.4 Å². The number of sulfonamides is 1. The second-order valence-electron chi connectivity index (χ2n) is 12.2. The Morgan fingerprint density at radius 2 is 1.84 bits per heavy atom. The van der Waals surface area contributed by atoms with Crippen LogP contribution in [0.3, 0.4) is 0 Å². The number of carbonyl (C=O) groups excluding carboxylic acids is 1. The molecule has 1 saturated heterocycles. The number of amides is 1. The van der Waals surface area contributed by atoms with E-state index >= 15 is 0 Å². The maximum atomic E-state index is 12.5. The van der Waals surface area contributed by atoms with Crippen molar-refractivity contribution in [3.05, 3.63) is 63.8 Å². The molecule has 1 aromatic heterocycles. The minimum absolute atomic E-state index is 0.0776. The second-order valence-corrected chi connectivity index (χ2v) is 14.6. The lowest BCUT2D eigenvalue weighted by Gasteiger charge is -2.28. The Morgan fingerprint density at radius 3 is 2.59 bits per heavy atom. The Hall–Kier alpha value is -2.80. The molecule has 1 amide bonds. The third-order valence-electron chi connectivity index (χ3n) is 8.97. The molecule has 44 heavy (non-hydrogen) atoms. The van der Waals surface area contributed by atoms with Gasteiger partial charge in [0.05, 0.1) is 31.2 Å². The van der Waals surface area contributed by atoms with Crippen molar-refractivity contribution < 1.29 is 17.9 Å². The predicted molar refractivity (Wildman–Crippen MR) is 172 cm³/mol. The monoisotopic (exact) mass is 640 g/mol. The molecule has 3 aromatic rings. The molecule has 3 aliphatic heterocycles. The van der Waals surface area contributed by atoms with Crippen LogP contribution in [0.15, 0.2) is 36.4 Å². The van der Waals surface area contributed by atoms with Crippen molar-refractivity contribution >= 4 is 27.5 Å². The predicted octanol–water partition coefficient (Wildman–Crippen LogP) is 3.01. The number of aromatic nitrogens is 2. The van der Waals surface area contributed by atoms with E-state index in [0.29, 0.717) is 37.5 Å². The summed E-state index contributed by atoms with van der Waals surface area (Å²) in [5.41, 5.74) is 7.99. The highest BCUT2D eigenvalue weighted by molar-refractivity contribution is 7.88. The average molecular weight is 641 g/mol. The number of ether oxygens (including phenoxy) is 1. The highest BCUT2D eigenvalue weighted by Gasteiger charge is 2.30. The first kappa shape index (κ1) is 31.2. The maximum absolute atomic E-state index is 12.5. The molecule has 1 unspecified atom stereocenters. The number of rotatable bonds is 8. The zero-order valence-electron chi connectivity index (χ0n) is 25.7. The summed E-state index contributed by atoms with van der Waals surface area (Å²) in [7, 11) is 0.216. The van der Waals surface area contributed by atoms with Gasteiger partial charge >= 0.3 is 0 Å². The standard InChI is InChI=1S/C32H41ClN6O4S/c1-36(2)32(40)29-19-22-5-6-23(17-25(22)20-34-29)26-18-24(7-8-28(26)33)31-27-21-38(44(3,41)42)12-9-30(27)39(35-31)11-4-10-37-13-15-43-16-14-37/h5-8,17-18,29,34H,4,9-16,19-21H2,1-3H3. The van der Waals surface area contributed by atoms with E-state index in [4.69, 9.17) is 21.4 Å². The van der Waals surface area contributed by atoms with Crippen molar-refractivity contribution in [2.45, 2.75) is 44.9 Å². The topological polar surface area (TPSA) is 100 Å². The van der Waals surface area contributed by atoms with E-state index < -0.39 is 10.0 Å². The fraction of sp³-hybridized carbons (Fsp3) is 0.500. The molecule has 12 heteroatoms. The molecule has 236 valence electrons. The van der Waals surface area contributed by atoms with Crippen LogP contribution in [0.2, 0.25) is 5.02 Å². The molecule has 0 radical (unpaired) electrons. The number of likely N-dealkylation sites (N-methyl/N-ethyl adjacent to an activating group) is 1. The summed E-state index contributed by atoms with van der Waals surface area (Å²) in [5, 5.41) is 9.11. The van der Waals surface area contributed by atoms with Gasteiger partial charge in [0.25, 0.3) is 0 Å². The molecular weight excluding hydrogens is 600 g/mol. The minimum Gasteiger partial charge on any atom is -0.379 e. The molecular formula is C32H41ClN6O4S. The Labute approximate surface area is 265 Å². The number of benzene rings is 2. The summed E-state index contributed by atoms with van der Waals surface area (Å²) in [6.07, 6.45) is 3.50. The zero-order valence-corrected chi connectivity index (χ0v) is 27.3. The lowest BCUT2D eigenvalue weighted by atomic mass is 9.91. The fourth-order valence-corrected chi connectivity index (χ4v) is 7.51. The molecule has 10 nitrogen and oxygen atoms in total. The first-order valence-electron chi connectivity index (χ1n) is 15.3. The van der Waals surface area contributed by atoms with Gasteiger partial charge in [-0.25, -0.2) is 8.42 Å². The van der Waals surface area contributed by atoms with Crippen molar-refractivity contribution in [2.24, 2.45) is 0 Å². The van der Waals surface area contributed by atoms with Gasteiger partial charge in [-0.15, -0.1) is 0 Å². The molecule has 3 aliphatic rings. The van der Waals surface area contributed by atoms with Crippen molar-refractivity contribution in [1.29, 1.82) is 0 Å². The van der Waals surface area contributed by atoms with E-state index in [1.54, 1.807) is 23.3 Å². The van der Waals surface area contributed by atoms with E-state index in [9.17, 15) is 13.2 Å². The molecule has 1 fully saturated rings. The zero-order chi connectivity index (χ0) is 31.0. The van der Waals surface area contributed by atoms with Gasteiger partial charge in [-0.2, -0.15) is 9.40 Å². The molecule has 4 heterocycles. The van der Waals surface area contributed by atoms with Gasteiger partial charge in [-0.1, -0.05) is 29.8 Å². The van der Waals surface area contributed by atoms with Gasteiger partial charge in [0.1, 0.15) is 0 Å². The molecule has 2 aromatic carbocycles. The van der Waals surface area contributed by atoms with Crippen LogP contribution >= 0.6 is 11.6 Å². The highest BCUT2D eigenvalue weighted by atomic mass is 35.5. The highest BCUT2D eigenvalue weighted by Crippen LogP contribution is 2.37. The van der Waals surface area contributed by atoms with E-state index in [0.717, 1.165) is 90.6 Å². The van der Waals surface area contributed by atoms with E-state index in [-0.39, 0.29) is 11.9 Å². The number of nitrogens with zero attached hydrogens (tertiary/aromatic N) is 5. The smallest absolute Gasteiger partial charge is 0.239 e. The van der Waals surface area contributed by atoms with Crippen LogP contribution in [-0.2, 0) is 52.0 Å². The summed E-state index contributed by atoms with van der Waals surface area (Å²) < 4.78 is 34.2. The number of carbonyl (C=O) groups is 1. The van der Waals surface area contributed by atoms with Gasteiger partial charge in [-0.05, 0) is 47.7 Å². The first-order chi connectivity index (χ1) is 21.1. The molecule has 1 atom stereocenters. The lowest BCUT2D eigenvalue weighted by Crippen LogP contribution is -2.47. The number of fused-ring (bicyclic) bond motifs is 2. The summed E-state index contributed by atoms with van der Waals surface area (Å²) in [5.74, 6) is 0.0776. The number of halogens is 1. The van der Waals surface area contributed by atoms with Gasteiger partial charge < -0.3 is 15.0 Å². The largest absolute Gasteiger partial charge is 0.379 e. The van der Waals surface area contributed by atoms with Crippen LogP contribution in [0.5, 0.6) is 0 Å². The van der Waals surface area contributed by atoms with Crippen molar-refractivity contribution in [3.63, 3.8) is 0 Å². The van der Waals surface area contributed by atoms with E-state index in [1.165, 1.54) is 6.26 Å². The van der Waals surface area contributed by atoms with Crippen LogP contribution in [0.25, 0.3) is 22.4 Å². The van der Waals surface area contributed by atoms with Crippen LogP contribution in [-0.4, -0.2) is 104 Å². The Kier molecular flexibility index (Phi) is 9.15. The summed E-state index contributed by atoms with van der Waals surface area (Å²) >= 11 is 6.78. The molecule has 0 saturated carbocycles. The third-order valence-corrected chi connectivity index (χ3v) is 10.6. The lowest BCUT2D eigenvalue weighted by molar-refractivity contribution is -0.131. The van der Waals surface area contributed by atoms with Crippen LogP contribution in [0, 0.1) is 0 Å². The maximum Gasteiger partial charge on any atom is 0.239 e.